The second-order valence-corrected chi connectivity index (χ2v) is 13.7. The van der Waals surface area contributed by atoms with E-state index in [4.69, 9.17) is 4.74 Å². The SMILES string of the molecule is CCOC(=O)C(CCCCCCCCCC[P+](c1ccccc1)(c1ccccc1)c1ccccc1)C(C)=O. The van der Waals surface area contributed by atoms with Crippen molar-refractivity contribution in [3.8, 4) is 0 Å². The van der Waals surface area contributed by atoms with Gasteiger partial charge in [-0.25, -0.2) is 0 Å². The molecule has 0 saturated carbocycles. The van der Waals surface area contributed by atoms with Crippen LogP contribution in [0.25, 0.3) is 0 Å². The van der Waals surface area contributed by atoms with Crippen LogP contribution in [0.3, 0.4) is 0 Å². The molecule has 1 unspecified atom stereocenters. The highest BCUT2D eigenvalue weighted by Crippen LogP contribution is 2.56. The van der Waals surface area contributed by atoms with Crippen molar-refractivity contribution in [2.75, 3.05) is 12.8 Å². The van der Waals surface area contributed by atoms with E-state index in [1.807, 2.05) is 0 Å². The lowest BCUT2D eigenvalue weighted by Crippen LogP contribution is -2.33. The second kappa shape index (κ2) is 16.2. The van der Waals surface area contributed by atoms with Crippen molar-refractivity contribution in [1.82, 2.24) is 0 Å². The predicted molar refractivity (Wildman–Crippen MR) is 162 cm³/mol. The maximum Gasteiger partial charge on any atom is 0.316 e. The van der Waals surface area contributed by atoms with Gasteiger partial charge in [-0.05, 0) is 69.5 Å². The minimum absolute atomic E-state index is 0.0797. The molecule has 0 saturated heterocycles. The molecule has 3 rings (SSSR count). The first kappa shape index (κ1) is 29.8. The lowest BCUT2D eigenvalue weighted by Gasteiger charge is -2.27. The van der Waals surface area contributed by atoms with Crippen molar-refractivity contribution in [2.24, 2.45) is 5.92 Å². The molecule has 0 spiro atoms. The Morgan fingerprint density at radius 2 is 1.03 bits per heavy atom. The van der Waals surface area contributed by atoms with Crippen molar-refractivity contribution >= 4 is 34.9 Å². The van der Waals surface area contributed by atoms with Gasteiger partial charge in [0.15, 0.2) is 0 Å². The average Bonchev–Trinajstić information content (AvgIpc) is 2.95. The first-order chi connectivity index (χ1) is 18.6. The molecule has 0 heterocycles. The molecule has 3 aromatic rings. The number of carbonyl (C=O) groups excluding carboxylic acids is 2. The zero-order chi connectivity index (χ0) is 27.1. The molecule has 0 radical (unpaired) electrons. The van der Waals surface area contributed by atoms with Crippen LogP contribution in [0.15, 0.2) is 91.0 Å². The summed E-state index contributed by atoms with van der Waals surface area (Å²) >= 11 is 0. The predicted octanol–water partition coefficient (Wildman–Crippen LogP) is 7.26. The summed E-state index contributed by atoms with van der Waals surface area (Å²) in [5.41, 5.74) is 0. The Hall–Kier alpha value is -2.77. The van der Waals surface area contributed by atoms with Crippen molar-refractivity contribution in [2.45, 2.75) is 71.6 Å². The molecule has 202 valence electrons. The normalized spacial score (nSPS) is 12.2. The standard InChI is InChI=1S/C34H44O3P/c1-3-37-34(36)33(29(2)35)27-19-8-6-4-5-7-9-20-28-38(30-21-13-10-14-22-30,31-23-15-11-16-24-31)32-25-17-12-18-26-32/h10-18,21-26,33H,3-9,19-20,27-28H2,1-2H3/q+1. The molecule has 3 aromatic carbocycles. The maximum absolute atomic E-state index is 12.0. The molecule has 4 heteroatoms. The fraction of sp³-hybridized carbons (Fsp3) is 0.412. The topological polar surface area (TPSA) is 43.4 Å². The molecule has 0 N–H and O–H groups in total. The van der Waals surface area contributed by atoms with E-state index >= 15 is 0 Å². The molecule has 0 aliphatic heterocycles. The maximum atomic E-state index is 12.0. The van der Waals surface area contributed by atoms with Crippen molar-refractivity contribution < 1.29 is 14.3 Å². The summed E-state index contributed by atoms with van der Waals surface area (Å²) in [4.78, 5) is 23.7. The average molecular weight is 532 g/mol. The van der Waals surface area contributed by atoms with E-state index in [0.29, 0.717) is 13.0 Å². The molecular weight excluding hydrogens is 487 g/mol. The Morgan fingerprint density at radius 1 is 0.632 bits per heavy atom. The Kier molecular flexibility index (Phi) is 12.7. The number of benzene rings is 3. The van der Waals surface area contributed by atoms with Crippen molar-refractivity contribution in [3.05, 3.63) is 91.0 Å². The van der Waals surface area contributed by atoms with Crippen LogP contribution in [-0.4, -0.2) is 24.5 Å². The fourth-order valence-corrected chi connectivity index (χ4v) is 9.78. The van der Waals surface area contributed by atoms with Gasteiger partial charge in [0.1, 0.15) is 34.9 Å². The molecule has 0 aromatic heterocycles. The fourth-order valence-electron chi connectivity index (χ4n) is 5.37. The smallest absolute Gasteiger partial charge is 0.316 e. The Labute approximate surface area is 230 Å². The number of unbranched alkanes of at least 4 members (excludes halogenated alkanes) is 7. The van der Waals surface area contributed by atoms with E-state index in [9.17, 15) is 9.59 Å². The lowest BCUT2D eigenvalue weighted by atomic mass is 9.97. The van der Waals surface area contributed by atoms with Crippen LogP contribution < -0.4 is 15.9 Å². The number of carbonyl (C=O) groups is 2. The number of Topliss-reactive ketones (excluding diaryl/α,β-unsaturated/α-hetero) is 1. The molecular formula is C34H44O3P+. The number of hydrogen-bond acceptors (Lipinski definition) is 3. The van der Waals surface area contributed by atoms with Gasteiger partial charge in [-0.1, -0.05) is 93.1 Å². The van der Waals surface area contributed by atoms with Crippen LogP contribution in [0.2, 0.25) is 0 Å². The Balaban J connectivity index is 1.51. The van der Waals surface area contributed by atoms with E-state index in [2.05, 4.69) is 91.0 Å². The molecule has 1 atom stereocenters. The third-order valence-electron chi connectivity index (χ3n) is 7.39. The summed E-state index contributed by atoms with van der Waals surface area (Å²) < 4.78 is 5.05. The van der Waals surface area contributed by atoms with E-state index in [0.717, 1.165) is 19.3 Å². The molecule has 0 bridgehead atoms. The van der Waals surface area contributed by atoms with Gasteiger partial charge >= 0.3 is 5.97 Å². The number of rotatable bonds is 17. The molecule has 0 fully saturated rings. The minimum atomic E-state index is -1.72. The summed E-state index contributed by atoms with van der Waals surface area (Å²) in [5.74, 6) is -1.03. The number of ketones is 1. The highest BCUT2D eigenvalue weighted by Gasteiger charge is 2.44. The van der Waals surface area contributed by atoms with E-state index in [1.165, 1.54) is 61.1 Å². The third-order valence-corrected chi connectivity index (χ3v) is 11.9. The number of ether oxygens (including phenoxy) is 1. The summed E-state index contributed by atoms with van der Waals surface area (Å²) in [6, 6.07) is 33.4. The first-order valence-electron chi connectivity index (χ1n) is 14.3. The minimum Gasteiger partial charge on any atom is -0.465 e. The van der Waals surface area contributed by atoms with Gasteiger partial charge < -0.3 is 4.74 Å². The van der Waals surface area contributed by atoms with Gasteiger partial charge in [0.05, 0.1) is 12.8 Å². The number of esters is 1. The highest BCUT2D eigenvalue weighted by molar-refractivity contribution is 7.95. The van der Waals surface area contributed by atoms with Crippen LogP contribution >= 0.6 is 7.26 Å². The molecule has 0 aliphatic carbocycles. The summed E-state index contributed by atoms with van der Waals surface area (Å²) in [6.07, 6.45) is 11.1. The first-order valence-corrected chi connectivity index (χ1v) is 16.3. The molecule has 38 heavy (non-hydrogen) atoms. The van der Waals surface area contributed by atoms with E-state index in [-0.39, 0.29) is 11.8 Å². The van der Waals surface area contributed by atoms with Crippen LogP contribution in [0, 0.1) is 5.92 Å². The number of hydrogen-bond donors (Lipinski definition) is 0. The second-order valence-electron chi connectivity index (χ2n) is 10.1. The largest absolute Gasteiger partial charge is 0.465 e. The van der Waals surface area contributed by atoms with Crippen LogP contribution in [-0.2, 0) is 14.3 Å². The van der Waals surface area contributed by atoms with Crippen LogP contribution in [0.5, 0.6) is 0 Å². The molecule has 3 nitrogen and oxygen atoms in total. The van der Waals surface area contributed by atoms with E-state index < -0.39 is 13.2 Å². The van der Waals surface area contributed by atoms with Gasteiger partial charge in [-0.3, -0.25) is 9.59 Å². The van der Waals surface area contributed by atoms with Crippen LogP contribution in [0.1, 0.15) is 71.6 Å². The van der Waals surface area contributed by atoms with Gasteiger partial charge in [0.2, 0.25) is 0 Å². The quantitative estimate of drug-likeness (QED) is 0.0797. The van der Waals surface area contributed by atoms with Crippen molar-refractivity contribution in [3.63, 3.8) is 0 Å². The molecule has 0 amide bonds. The van der Waals surface area contributed by atoms with E-state index in [1.54, 1.807) is 6.92 Å². The van der Waals surface area contributed by atoms with Gasteiger partial charge in [-0.15, -0.1) is 0 Å². The third kappa shape index (κ3) is 8.37. The summed E-state index contributed by atoms with van der Waals surface area (Å²) in [7, 11) is -1.72. The Bertz CT molecular complexity index is 986. The highest BCUT2D eigenvalue weighted by atomic mass is 31.2. The zero-order valence-corrected chi connectivity index (χ0v) is 24.1. The zero-order valence-electron chi connectivity index (χ0n) is 23.2. The van der Waals surface area contributed by atoms with Crippen LogP contribution in [0.4, 0.5) is 0 Å². The monoisotopic (exact) mass is 531 g/mol. The Morgan fingerprint density at radius 3 is 1.42 bits per heavy atom. The molecule has 0 aliphatic rings. The summed E-state index contributed by atoms with van der Waals surface area (Å²) in [6.45, 7) is 3.60. The van der Waals surface area contributed by atoms with Gasteiger partial charge in [0.25, 0.3) is 0 Å². The van der Waals surface area contributed by atoms with Gasteiger partial charge in [0, 0.05) is 0 Å². The van der Waals surface area contributed by atoms with Gasteiger partial charge in [-0.2, -0.15) is 0 Å². The lowest BCUT2D eigenvalue weighted by molar-refractivity contribution is -0.151. The van der Waals surface area contributed by atoms with Crippen molar-refractivity contribution in [1.29, 1.82) is 0 Å². The summed E-state index contributed by atoms with van der Waals surface area (Å²) in [5, 5.41) is 4.39.